The third-order valence-corrected chi connectivity index (χ3v) is 10.6. The smallest absolute Gasteiger partial charge is 0.243 e. The molecule has 3 aromatic rings. The van der Waals surface area contributed by atoms with Crippen LogP contribution in [0.1, 0.15) is 24.0 Å². The van der Waals surface area contributed by atoms with Crippen molar-refractivity contribution < 1.29 is 13.2 Å². The van der Waals surface area contributed by atoms with Gasteiger partial charge in [0.25, 0.3) is 0 Å². The summed E-state index contributed by atoms with van der Waals surface area (Å²) in [5, 5.41) is 0. The summed E-state index contributed by atoms with van der Waals surface area (Å²) in [7, 11) is -3.81. The van der Waals surface area contributed by atoms with E-state index < -0.39 is 26.9 Å². The topological polar surface area (TPSA) is 57.7 Å². The Bertz CT molecular complexity index is 1480. The molecule has 0 N–H and O–H groups in total. The highest BCUT2D eigenvalue weighted by Gasteiger charge is 2.71. The van der Waals surface area contributed by atoms with Gasteiger partial charge in [-0.3, -0.25) is 4.79 Å². The highest BCUT2D eigenvalue weighted by atomic mass is 32.2. The average Bonchev–Trinajstić information content (AvgIpc) is 3.48. The van der Waals surface area contributed by atoms with Gasteiger partial charge < -0.3 is 4.90 Å². The molecule has 3 atom stereocenters. The first-order valence-electron chi connectivity index (χ1n) is 12.7. The lowest BCUT2D eigenvalue weighted by molar-refractivity contribution is -0.125. The molecule has 1 unspecified atom stereocenters. The summed E-state index contributed by atoms with van der Waals surface area (Å²) in [6.45, 7) is 9.08. The van der Waals surface area contributed by atoms with Crippen LogP contribution in [0.3, 0.4) is 0 Å². The highest BCUT2D eigenvalue weighted by Crippen LogP contribution is 2.66. The Hall–Kier alpha value is -3.48. The molecular weight excluding hydrogens is 480 g/mol. The first-order valence-corrected chi connectivity index (χ1v) is 14.1. The molecule has 37 heavy (non-hydrogen) atoms. The second kappa shape index (κ2) is 8.54. The van der Waals surface area contributed by atoms with Gasteiger partial charge in [-0.05, 0) is 42.2 Å². The predicted octanol–water partition coefficient (Wildman–Crippen LogP) is 5.31. The number of sulfonamides is 1. The van der Waals surface area contributed by atoms with Crippen LogP contribution in [-0.4, -0.2) is 31.2 Å². The van der Waals surface area contributed by atoms with Gasteiger partial charge in [-0.25, -0.2) is 8.42 Å². The van der Waals surface area contributed by atoms with Gasteiger partial charge in [-0.1, -0.05) is 78.9 Å². The maximum absolute atomic E-state index is 14.3. The van der Waals surface area contributed by atoms with Crippen molar-refractivity contribution in [2.24, 2.45) is 11.3 Å². The van der Waals surface area contributed by atoms with Gasteiger partial charge in [-0.2, -0.15) is 4.31 Å². The quantitative estimate of drug-likeness (QED) is 0.422. The number of benzene rings is 3. The molecule has 1 saturated carbocycles. The molecule has 2 heterocycles. The lowest BCUT2D eigenvalue weighted by Crippen LogP contribution is -2.55. The largest absolute Gasteiger partial charge is 0.307 e. The molecule has 3 aliphatic rings. The number of nitrogens with zero attached hydrogens (tertiary/aromatic N) is 2. The molecule has 3 aromatic carbocycles. The van der Waals surface area contributed by atoms with E-state index in [1.807, 2.05) is 71.6 Å². The molecule has 0 bridgehead atoms. The summed E-state index contributed by atoms with van der Waals surface area (Å²) in [6.07, 6.45) is 4.69. The lowest BCUT2D eigenvalue weighted by atomic mass is 9.65. The summed E-state index contributed by atoms with van der Waals surface area (Å²) in [5.41, 5.74) is 1.55. The molecule has 0 aromatic heterocycles. The molecule has 2 aliphatic heterocycles. The lowest BCUT2D eigenvalue weighted by Gasteiger charge is -2.46. The van der Waals surface area contributed by atoms with Crippen molar-refractivity contribution in [2.75, 3.05) is 11.4 Å². The Morgan fingerprint density at radius 1 is 0.892 bits per heavy atom. The zero-order chi connectivity index (χ0) is 25.8. The number of rotatable bonds is 6. The van der Waals surface area contributed by atoms with Gasteiger partial charge in [0.15, 0.2) is 0 Å². The van der Waals surface area contributed by atoms with Crippen molar-refractivity contribution in [3.05, 3.63) is 121 Å². The molecule has 5 nitrogen and oxygen atoms in total. The zero-order valence-corrected chi connectivity index (χ0v) is 21.5. The van der Waals surface area contributed by atoms with Gasteiger partial charge in [0.05, 0.1) is 17.4 Å². The number of para-hydroxylation sites is 1. The monoisotopic (exact) mass is 510 g/mol. The fourth-order valence-corrected chi connectivity index (χ4v) is 8.92. The number of amides is 1. The molecule has 0 radical (unpaired) electrons. The molecule has 6 heteroatoms. The maximum Gasteiger partial charge on any atom is 0.243 e. The van der Waals surface area contributed by atoms with Crippen LogP contribution in [0.25, 0.3) is 0 Å². The molecule has 1 spiro atoms. The van der Waals surface area contributed by atoms with Crippen LogP contribution in [0.5, 0.6) is 0 Å². The van der Waals surface area contributed by atoms with E-state index in [2.05, 4.69) is 19.2 Å². The summed E-state index contributed by atoms with van der Waals surface area (Å²) in [5.74, 6) is -0.347. The molecule has 6 rings (SSSR count). The minimum Gasteiger partial charge on any atom is -0.307 e. The number of carbonyl (C=O) groups excluding carboxylic acids is 1. The van der Waals surface area contributed by atoms with E-state index >= 15 is 0 Å². The number of carbonyl (C=O) groups is 1. The van der Waals surface area contributed by atoms with Crippen LogP contribution in [0, 0.1) is 11.3 Å². The number of hydrogen-bond acceptors (Lipinski definition) is 3. The summed E-state index contributed by atoms with van der Waals surface area (Å²) >= 11 is 0. The van der Waals surface area contributed by atoms with Crippen molar-refractivity contribution >= 4 is 21.6 Å². The van der Waals surface area contributed by atoms with Crippen molar-refractivity contribution in [1.82, 2.24) is 4.31 Å². The molecular formula is C31H30N2O3S. The summed E-state index contributed by atoms with van der Waals surface area (Å²) in [4.78, 5) is 16.5. The van der Waals surface area contributed by atoms with Crippen molar-refractivity contribution in [3.63, 3.8) is 0 Å². The zero-order valence-electron chi connectivity index (χ0n) is 20.7. The van der Waals surface area contributed by atoms with Crippen LogP contribution >= 0.6 is 0 Å². The van der Waals surface area contributed by atoms with E-state index in [1.165, 1.54) is 0 Å². The number of anilines is 1. The second-order valence-corrected chi connectivity index (χ2v) is 12.2. The maximum atomic E-state index is 14.3. The SMILES string of the molecule is C=CC1(C=C)C[C@H]2C(=O)N(Cc3ccccc3)c3ccccc3[C@@]23CCN(S(=O)(=O)c2ccccc2)C13. The molecule has 1 saturated heterocycles. The fraction of sp³-hybridized carbons (Fsp3) is 0.258. The van der Waals surface area contributed by atoms with Gasteiger partial charge in [0, 0.05) is 29.1 Å². The number of fused-ring (bicyclic) bond motifs is 1. The van der Waals surface area contributed by atoms with E-state index in [1.54, 1.807) is 28.6 Å². The van der Waals surface area contributed by atoms with Crippen molar-refractivity contribution in [1.29, 1.82) is 0 Å². The summed E-state index contributed by atoms with van der Waals surface area (Å²) < 4.78 is 29.7. The van der Waals surface area contributed by atoms with Crippen molar-refractivity contribution in [3.8, 4) is 0 Å². The van der Waals surface area contributed by atoms with Crippen LogP contribution in [-0.2, 0) is 26.8 Å². The third kappa shape index (κ3) is 3.25. The highest BCUT2D eigenvalue weighted by molar-refractivity contribution is 7.89. The Labute approximate surface area is 218 Å². The van der Waals surface area contributed by atoms with E-state index in [4.69, 9.17) is 0 Å². The second-order valence-electron chi connectivity index (χ2n) is 10.3. The predicted molar refractivity (Wildman–Crippen MR) is 145 cm³/mol. The van der Waals surface area contributed by atoms with Crippen molar-refractivity contribution in [2.45, 2.75) is 35.7 Å². The molecule has 188 valence electrons. The third-order valence-electron chi connectivity index (χ3n) is 8.76. The minimum absolute atomic E-state index is 0.0390. The van der Waals surface area contributed by atoms with Gasteiger partial charge >= 0.3 is 0 Å². The van der Waals surface area contributed by atoms with Crippen LogP contribution < -0.4 is 4.90 Å². The van der Waals surface area contributed by atoms with Gasteiger partial charge in [0.2, 0.25) is 15.9 Å². The number of hydrogen-bond donors (Lipinski definition) is 0. The van der Waals surface area contributed by atoms with Crippen LogP contribution in [0.15, 0.2) is 115 Å². The van der Waals surface area contributed by atoms with E-state index in [0.717, 1.165) is 16.8 Å². The van der Waals surface area contributed by atoms with E-state index in [0.29, 0.717) is 25.9 Å². The van der Waals surface area contributed by atoms with Gasteiger partial charge in [0.1, 0.15) is 0 Å². The first kappa shape index (κ1) is 23.9. The van der Waals surface area contributed by atoms with Gasteiger partial charge in [-0.15, -0.1) is 13.2 Å². The Morgan fingerprint density at radius 2 is 1.51 bits per heavy atom. The molecule has 2 fully saturated rings. The standard InChI is InChI=1S/C31H30N2O3S/c1-3-30(4-2)21-26-28(34)32(22-23-13-7-5-8-14-23)27-18-12-11-17-25(27)31(26)19-20-33(29(30)31)37(35,36)24-15-9-6-10-16-24/h3-18,26,29H,1-2,19-22H2/t26-,29?,31-/m0/s1. The van der Waals surface area contributed by atoms with E-state index in [-0.39, 0.29) is 16.7 Å². The minimum atomic E-state index is -3.81. The average molecular weight is 511 g/mol. The normalized spacial score (nSPS) is 26.3. The summed E-state index contributed by atoms with van der Waals surface area (Å²) in [6, 6.07) is 26.1. The molecule has 1 aliphatic carbocycles. The Kier molecular flexibility index (Phi) is 5.51. The van der Waals surface area contributed by atoms with E-state index in [9.17, 15) is 13.2 Å². The first-order chi connectivity index (χ1) is 17.9. The fourth-order valence-electron chi connectivity index (χ4n) is 7.15. The Morgan fingerprint density at radius 3 is 2.19 bits per heavy atom. The Balaban J connectivity index is 1.55. The van der Waals surface area contributed by atoms with Crippen LogP contribution in [0.2, 0.25) is 0 Å². The molecule has 1 amide bonds. The van der Waals surface area contributed by atoms with Crippen LogP contribution in [0.4, 0.5) is 5.69 Å².